The summed E-state index contributed by atoms with van der Waals surface area (Å²) >= 11 is 5.49. The Bertz CT molecular complexity index is 2150. The first kappa shape index (κ1) is 36.3. The van der Waals surface area contributed by atoms with Gasteiger partial charge in [0, 0.05) is 50.3 Å². The molecule has 1 aromatic carbocycles. The molecule has 3 aromatic heterocycles. The zero-order chi connectivity index (χ0) is 37.3. The van der Waals surface area contributed by atoms with Gasteiger partial charge in [0.05, 0.1) is 34.3 Å². The molecule has 0 radical (unpaired) electrons. The second-order valence-corrected chi connectivity index (χ2v) is 12.6. The normalized spacial score (nSPS) is 17.2. The largest absolute Gasteiger partial charge is 0.504 e. The molecule has 1 unspecified atom stereocenters. The third kappa shape index (κ3) is 7.02. The number of anilines is 2. The van der Waals surface area contributed by atoms with E-state index in [9.17, 15) is 37.5 Å². The minimum atomic E-state index is -4.43. The number of nitrogens with zero attached hydrogens (tertiary/aromatic N) is 8. The van der Waals surface area contributed by atoms with Gasteiger partial charge in [-0.2, -0.15) is 22.7 Å². The first-order chi connectivity index (χ1) is 24.8. The van der Waals surface area contributed by atoms with Gasteiger partial charge in [-0.3, -0.25) is 14.4 Å². The molecule has 2 N–H and O–H groups in total. The summed E-state index contributed by atoms with van der Waals surface area (Å²) in [7, 11) is 0. The highest BCUT2D eigenvalue weighted by Crippen LogP contribution is 2.34. The van der Waals surface area contributed by atoms with E-state index in [1.54, 1.807) is 11.8 Å². The third-order valence-electron chi connectivity index (χ3n) is 9.06. The van der Waals surface area contributed by atoms with Crippen LogP contribution in [0.4, 0.5) is 24.5 Å². The molecule has 1 fully saturated rings. The van der Waals surface area contributed by atoms with Crippen LogP contribution in [0, 0.1) is 6.92 Å². The summed E-state index contributed by atoms with van der Waals surface area (Å²) in [6, 6.07) is 2.58. The van der Waals surface area contributed by atoms with E-state index in [1.807, 2.05) is 11.5 Å². The van der Waals surface area contributed by atoms with E-state index in [0.29, 0.717) is 74.0 Å². The van der Waals surface area contributed by atoms with Crippen LogP contribution in [0.3, 0.4) is 0 Å². The number of carbonyl (C=O) groups excluding carboxylic acids is 3. The summed E-state index contributed by atoms with van der Waals surface area (Å²) in [6.45, 7) is 5.81. The number of hydrogen-bond acceptors (Lipinski definition) is 11. The quantitative estimate of drug-likeness (QED) is 0.218. The number of amides is 2. The fraction of sp³-hybridized carbons (Fsp3) is 0.394. The van der Waals surface area contributed by atoms with Crippen LogP contribution in [0.1, 0.15) is 59.5 Å². The van der Waals surface area contributed by atoms with E-state index in [0.717, 1.165) is 36.7 Å². The molecule has 0 spiro atoms. The zero-order valence-electron chi connectivity index (χ0n) is 28.0. The smallest absolute Gasteiger partial charge is 0.416 e. The van der Waals surface area contributed by atoms with Crippen molar-refractivity contribution in [2.45, 2.75) is 58.3 Å². The van der Waals surface area contributed by atoms with Crippen LogP contribution >= 0.6 is 11.6 Å². The van der Waals surface area contributed by atoms with Gasteiger partial charge in [-0.25, -0.2) is 14.8 Å². The van der Waals surface area contributed by atoms with E-state index in [2.05, 4.69) is 30.3 Å². The standard InChI is InChI=1S/C25H28N8O5.C8H5ClF3NO/c1-3-16-12-30(23(36)19-21(35)14(2)26-13-27-19)8-9-31(16)20-17-5-4-7-32(17)25-28-22(29-33(25)24(20)37)15-6-10-38-18(34)11-15;9-6-3-5(8(10,11)12)1-2-7(6)13-4-14/h11,13,16,35H,3-10,12H2,1-2H3;1-4H,(H,13,14). The lowest BCUT2D eigenvalue weighted by Crippen LogP contribution is -2.56. The molecule has 274 valence electrons. The molecule has 19 heteroatoms. The number of nitrogens with one attached hydrogen (secondary N) is 1. The van der Waals surface area contributed by atoms with E-state index in [4.69, 9.17) is 16.3 Å². The Morgan fingerprint density at radius 1 is 1.17 bits per heavy atom. The summed E-state index contributed by atoms with van der Waals surface area (Å²) in [5.41, 5.74) is 1.53. The highest BCUT2D eigenvalue weighted by atomic mass is 35.5. The van der Waals surface area contributed by atoms with Crippen LogP contribution < -0.4 is 15.8 Å². The lowest BCUT2D eigenvalue weighted by molar-refractivity contribution is -0.138. The number of aryl methyl sites for hydroxylation is 2. The Balaban J connectivity index is 0.000000280. The highest BCUT2D eigenvalue weighted by Gasteiger charge is 2.36. The van der Waals surface area contributed by atoms with Gasteiger partial charge in [-0.05, 0) is 44.4 Å². The zero-order valence-corrected chi connectivity index (χ0v) is 28.7. The monoisotopic (exact) mass is 743 g/mol. The minimum absolute atomic E-state index is 0.0146. The van der Waals surface area contributed by atoms with Crippen molar-refractivity contribution in [1.29, 1.82) is 0 Å². The maximum atomic E-state index is 13.9. The maximum Gasteiger partial charge on any atom is 0.416 e. The van der Waals surface area contributed by atoms with Gasteiger partial charge in [0.15, 0.2) is 17.3 Å². The molecular weight excluding hydrogens is 711 g/mol. The van der Waals surface area contributed by atoms with Gasteiger partial charge in [-0.1, -0.05) is 18.5 Å². The molecule has 0 bridgehead atoms. The molecule has 3 aliphatic heterocycles. The van der Waals surface area contributed by atoms with Crippen molar-refractivity contribution in [2.75, 3.05) is 36.5 Å². The lowest BCUT2D eigenvalue weighted by Gasteiger charge is -2.42. The molecule has 52 heavy (non-hydrogen) atoms. The van der Waals surface area contributed by atoms with Gasteiger partial charge in [0.2, 0.25) is 12.2 Å². The SMILES string of the molecule is CCC1CN(C(=O)c2ncnc(C)c2O)CCN1c1c2n(c3nc(C4=CC(=O)OCC4)nn3c1=O)CCC2.O=CNc1ccc(C(F)(F)F)cc1Cl. The number of ether oxygens (including phenoxy) is 1. The molecule has 0 aliphatic carbocycles. The number of halogens is 4. The summed E-state index contributed by atoms with van der Waals surface area (Å²) in [5.74, 6) is -0.173. The molecule has 15 nitrogen and oxygen atoms in total. The van der Waals surface area contributed by atoms with Crippen LogP contribution in [0.2, 0.25) is 5.02 Å². The highest BCUT2D eigenvalue weighted by molar-refractivity contribution is 6.33. The van der Waals surface area contributed by atoms with Crippen molar-refractivity contribution >= 4 is 52.6 Å². The number of aromatic hydroxyl groups is 1. The van der Waals surface area contributed by atoms with E-state index < -0.39 is 17.7 Å². The summed E-state index contributed by atoms with van der Waals surface area (Å²) in [5, 5.41) is 16.9. The van der Waals surface area contributed by atoms with Gasteiger partial charge < -0.3 is 29.5 Å². The van der Waals surface area contributed by atoms with Gasteiger partial charge in [-0.15, -0.1) is 5.10 Å². The molecule has 1 saturated heterocycles. The number of fused-ring (bicyclic) bond motifs is 3. The van der Waals surface area contributed by atoms with Gasteiger partial charge in [0.1, 0.15) is 12.0 Å². The van der Waals surface area contributed by atoms with E-state index in [-0.39, 0.29) is 46.3 Å². The van der Waals surface area contributed by atoms with Crippen LogP contribution in [-0.4, -0.2) is 89.7 Å². The number of rotatable bonds is 6. The van der Waals surface area contributed by atoms with E-state index >= 15 is 0 Å². The first-order valence-corrected chi connectivity index (χ1v) is 16.7. The van der Waals surface area contributed by atoms with Gasteiger partial charge >= 0.3 is 12.1 Å². The number of esters is 1. The minimum Gasteiger partial charge on any atom is -0.504 e. The lowest BCUT2D eigenvalue weighted by atomic mass is 10.1. The van der Waals surface area contributed by atoms with Crippen LogP contribution in [0.15, 0.2) is 35.4 Å². The topological polar surface area (TPSA) is 177 Å². The molecule has 0 saturated carbocycles. The van der Waals surface area contributed by atoms with Crippen molar-refractivity contribution in [3.05, 3.63) is 74.4 Å². The van der Waals surface area contributed by atoms with Crippen molar-refractivity contribution in [2.24, 2.45) is 0 Å². The van der Waals surface area contributed by atoms with Crippen molar-refractivity contribution in [3.63, 3.8) is 0 Å². The second-order valence-electron chi connectivity index (χ2n) is 12.2. The average molecular weight is 744 g/mol. The number of carbonyl (C=O) groups is 3. The average Bonchev–Trinajstić information content (AvgIpc) is 3.79. The van der Waals surface area contributed by atoms with Crippen molar-refractivity contribution < 1.29 is 37.4 Å². The predicted molar refractivity (Wildman–Crippen MR) is 181 cm³/mol. The Labute approximate surface area is 298 Å². The molecule has 2 amide bonds. The predicted octanol–water partition coefficient (Wildman–Crippen LogP) is 3.64. The molecule has 6 heterocycles. The summed E-state index contributed by atoms with van der Waals surface area (Å²) < 4.78 is 44.8. The van der Waals surface area contributed by atoms with Crippen LogP contribution in [0.25, 0.3) is 11.4 Å². The van der Waals surface area contributed by atoms with Crippen molar-refractivity contribution in [1.82, 2.24) is 34.0 Å². The third-order valence-corrected chi connectivity index (χ3v) is 9.38. The molecular formula is C33H33ClF3N9O6. The Morgan fingerprint density at radius 3 is 2.65 bits per heavy atom. The Kier molecular flexibility index (Phi) is 10.2. The fourth-order valence-corrected chi connectivity index (χ4v) is 6.66. The van der Waals surface area contributed by atoms with Gasteiger partial charge in [0.25, 0.3) is 11.5 Å². The number of hydrogen-bond donors (Lipinski definition) is 2. The molecule has 1 atom stereocenters. The number of aromatic nitrogens is 6. The van der Waals surface area contributed by atoms with Crippen LogP contribution in [0.5, 0.6) is 5.75 Å². The summed E-state index contributed by atoms with van der Waals surface area (Å²) in [4.78, 5) is 65.2. The number of cyclic esters (lactones) is 1. The Morgan fingerprint density at radius 2 is 1.96 bits per heavy atom. The van der Waals surface area contributed by atoms with E-state index in [1.165, 1.54) is 16.9 Å². The summed E-state index contributed by atoms with van der Waals surface area (Å²) in [6.07, 6.45) is 1.38. The first-order valence-electron chi connectivity index (χ1n) is 16.4. The maximum absolute atomic E-state index is 13.9. The molecule has 7 rings (SSSR count). The fourth-order valence-electron chi connectivity index (χ4n) is 6.43. The number of alkyl halides is 3. The van der Waals surface area contributed by atoms with Crippen LogP contribution in [-0.2, 0) is 33.5 Å². The number of piperazine rings is 1. The molecule has 4 aromatic rings. The molecule has 3 aliphatic rings. The Hall–Kier alpha value is -5.52. The number of benzene rings is 1. The van der Waals surface area contributed by atoms with Crippen molar-refractivity contribution in [3.8, 4) is 5.75 Å². The second kappa shape index (κ2) is 14.6.